The van der Waals surface area contributed by atoms with Gasteiger partial charge >= 0.3 is 0 Å². The van der Waals surface area contributed by atoms with Gasteiger partial charge in [0.1, 0.15) is 0 Å². The van der Waals surface area contributed by atoms with Crippen LogP contribution >= 0.6 is 0 Å². The third-order valence-electron chi connectivity index (χ3n) is 2.85. The minimum absolute atomic E-state index is 0.0175. The fourth-order valence-corrected chi connectivity index (χ4v) is 1.84. The van der Waals surface area contributed by atoms with Crippen molar-refractivity contribution in [2.45, 2.75) is 6.54 Å². The van der Waals surface area contributed by atoms with Crippen molar-refractivity contribution in [3.05, 3.63) is 35.9 Å². The number of rotatable bonds is 4. The Balaban J connectivity index is 1.76. The van der Waals surface area contributed by atoms with Gasteiger partial charge in [-0.25, -0.2) is 0 Å². The van der Waals surface area contributed by atoms with Gasteiger partial charge in [0.2, 0.25) is 11.8 Å². The van der Waals surface area contributed by atoms with Crippen LogP contribution in [0.3, 0.4) is 0 Å². The van der Waals surface area contributed by atoms with E-state index in [4.69, 9.17) is 0 Å². The average Bonchev–Trinajstić information content (AvgIpc) is 2.40. The molecule has 18 heavy (non-hydrogen) atoms. The van der Waals surface area contributed by atoms with Crippen LogP contribution in [0, 0.1) is 0 Å². The minimum Gasteiger partial charge on any atom is -0.350 e. The van der Waals surface area contributed by atoms with Crippen molar-refractivity contribution in [2.75, 3.05) is 26.2 Å². The molecule has 0 unspecified atom stereocenters. The van der Waals surface area contributed by atoms with Gasteiger partial charge in [-0.2, -0.15) is 0 Å². The molecule has 5 heteroatoms. The first-order valence-electron chi connectivity index (χ1n) is 6.05. The van der Waals surface area contributed by atoms with E-state index in [-0.39, 0.29) is 18.4 Å². The molecule has 96 valence electrons. The molecule has 5 nitrogen and oxygen atoms in total. The van der Waals surface area contributed by atoms with Crippen molar-refractivity contribution in [3.63, 3.8) is 0 Å². The SMILES string of the molecule is O=C(CN1CCNCC1=O)NCc1ccccc1. The first kappa shape index (κ1) is 12.6. The number of hydrogen-bond acceptors (Lipinski definition) is 3. The average molecular weight is 247 g/mol. The smallest absolute Gasteiger partial charge is 0.239 e. The highest BCUT2D eigenvalue weighted by atomic mass is 16.2. The molecular formula is C13H17N3O2. The summed E-state index contributed by atoms with van der Waals surface area (Å²) in [4.78, 5) is 24.8. The summed E-state index contributed by atoms with van der Waals surface area (Å²) in [6.07, 6.45) is 0. The largest absolute Gasteiger partial charge is 0.350 e. The maximum atomic E-state index is 11.7. The summed E-state index contributed by atoms with van der Waals surface area (Å²) in [5, 5.41) is 5.79. The fourth-order valence-electron chi connectivity index (χ4n) is 1.84. The molecule has 0 bridgehead atoms. The zero-order valence-electron chi connectivity index (χ0n) is 10.2. The molecule has 2 N–H and O–H groups in total. The van der Waals surface area contributed by atoms with Crippen LogP contribution in [0.1, 0.15) is 5.56 Å². The van der Waals surface area contributed by atoms with E-state index in [1.807, 2.05) is 30.3 Å². The first-order chi connectivity index (χ1) is 8.75. The van der Waals surface area contributed by atoms with Gasteiger partial charge in [0, 0.05) is 19.6 Å². The molecule has 0 atom stereocenters. The highest BCUT2D eigenvalue weighted by Gasteiger charge is 2.19. The van der Waals surface area contributed by atoms with Gasteiger partial charge in [-0.05, 0) is 5.56 Å². The summed E-state index contributed by atoms with van der Waals surface area (Å²) in [7, 11) is 0. The third-order valence-corrected chi connectivity index (χ3v) is 2.85. The van der Waals surface area contributed by atoms with Crippen molar-refractivity contribution < 1.29 is 9.59 Å². The molecule has 2 amide bonds. The summed E-state index contributed by atoms with van der Waals surface area (Å²) < 4.78 is 0. The molecular weight excluding hydrogens is 230 g/mol. The Kier molecular flexibility index (Phi) is 4.30. The first-order valence-corrected chi connectivity index (χ1v) is 6.05. The molecule has 0 radical (unpaired) electrons. The Bertz CT molecular complexity index is 420. The highest BCUT2D eigenvalue weighted by molar-refractivity contribution is 5.86. The fraction of sp³-hybridized carbons (Fsp3) is 0.385. The minimum atomic E-state index is -0.117. The van der Waals surface area contributed by atoms with Crippen LogP contribution in [0.25, 0.3) is 0 Å². The number of nitrogens with zero attached hydrogens (tertiary/aromatic N) is 1. The van der Waals surface area contributed by atoms with E-state index in [0.29, 0.717) is 19.6 Å². The quantitative estimate of drug-likeness (QED) is 0.770. The van der Waals surface area contributed by atoms with E-state index < -0.39 is 0 Å². The van der Waals surface area contributed by atoms with Crippen molar-refractivity contribution in [3.8, 4) is 0 Å². The molecule has 0 spiro atoms. The van der Waals surface area contributed by atoms with Gasteiger partial charge in [-0.1, -0.05) is 30.3 Å². The molecule has 1 heterocycles. The van der Waals surface area contributed by atoms with E-state index in [9.17, 15) is 9.59 Å². The van der Waals surface area contributed by atoms with Crippen molar-refractivity contribution >= 4 is 11.8 Å². The Morgan fingerprint density at radius 3 is 2.83 bits per heavy atom. The van der Waals surface area contributed by atoms with Crippen LogP contribution in [0.4, 0.5) is 0 Å². The number of nitrogens with one attached hydrogen (secondary N) is 2. The second-order valence-electron chi connectivity index (χ2n) is 4.25. The maximum Gasteiger partial charge on any atom is 0.239 e. The van der Waals surface area contributed by atoms with Crippen molar-refractivity contribution in [1.82, 2.24) is 15.5 Å². The van der Waals surface area contributed by atoms with E-state index in [1.165, 1.54) is 0 Å². The lowest BCUT2D eigenvalue weighted by atomic mass is 10.2. The highest BCUT2D eigenvalue weighted by Crippen LogP contribution is 1.98. The number of benzene rings is 1. The summed E-state index contributed by atoms with van der Waals surface area (Å²) in [6, 6.07) is 9.71. The number of carbonyl (C=O) groups excluding carboxylic acids is 2. The standard InChI is InChI=1S/C13H17N3O2/c17-12(10-16-7-6-14-9-13(16)18)15-8-11-4-2-1-3-5-11/h1-5,14H,6-10H2,(H,15,17). The van der Waals surface area contributed by atoms with Gasteiger partial charge in [-0.3, -0.25) is 9.59 Å². The summed E-state index contributed by atoms with van der Waals surface area (Å²) in [5.41, 5.74) is 1.05. The van der Waals surface area contributed by atoms with Gasteiger partial charge in [0.05, 0.1) is 13.1 Å². The second-order valence-corrected chi connectivity index (χ2v) is 4.25. The topological polar surface area (TPSA) is 61.4 Å². The van der Waals surface area contributed by atoms with Gasteiger partial charge < -0.3 is 15.5 Å². The van der Waals surface area contributed by atoms with Gasteiger partial charge in [0.15, 0.2) is 0 Å². The Morgan fingerprint density at radius 1 is 1.33 bits per heavy atom. The number of carbonyl (C=O) groups is 2. The predicted molar refractivity (Wildman–Crippen MR) is 67.7 cm³/mol. The number of piperazine rings is 1. The van der Waals surface area contributed by atoms with Crippen LogP contribution in [0.2, 0.25) is 0 Å². The molecule has 1 aromatic rings. The summed E-state index contributed by atoms with van der Waals surface area (Å²) >= 11 is 0. The molecule has 0 aliphatic carbocycles. The molecule has 0 aromatic heterocycles. The van der Waals surface area contributed by atoms with Crippen molar-refractivity contribution in [1.29, 1.82) is 0 Å². The predicted octanol–water partition coefficient (Wildman–Crippen LogP) is -0.265. The van der Waals surface area contributed by atoms with Crippen molar-refractivity contribution in [2.24, 2.45) is 0 Å². The Labute approximate surface area is 106 Å². The summed E-state index contributed by atoms with van der Waals surface area (Å²) in [6.45, 7) is 2.31. The van der Waals surface area contributed by atoms with Crippen LogP contribution in [0.15, 0.2) is 30.3 Å². The third kappa shape index (κ3) is 3.56. The Morgan fingerprint density at radius 2 is 2.11 bits per heavy atom. The van der Waals surface area contributed by atoms with E-state index in [2.05, 4.69) is 10.6 Å². The molecule has 0 saturated carbocycles. The zero-order valence-corrected chi connectivity index (χ0v) is 10.2. The van der Waals surface area contributed by atoms with Crippen LogP contribution < -0.4 is 10.6 Å². The van der Waals surface area contributed by atoms with Gasteiger partial charge in [-0.15, -0.1) is 0 Å². The Hall–Kier alpha value is -1.88. The lowest BCUT2D eigenvalue weighted by Crippen LogP contribution is -2.51. The molecule has 2 rings (SSSR count). The zero-order chi connectivity index (χ0) is 12.8. The lowest BCUT2D eigenvalue weighted by molar-refractivity contribution is -0.136. The van der Waals surface area contributed by atoms with Crippen LogP contribution in [-0.2, 0) is 16.1 Å². The molecule has 1 aliphatic rings. The molecule has 1 aliphatic heterocycles. The molecule has 1 fully saturated rings. The van der Waals surface area contributed by atoms with E-state index in [1.54, 1.807) is 4.90 Å². The number of hydrogen-bond donors (Lipinski definition) is 2. The van der Waals surface area contributed by atoms with Gasteiger partial charge in [0.25, 0.3) is 0 Å². The lowest BCUT2D eigenvalue weighted by Gasteiger charge is -2.26. The van der Waals surface area contributed by atoms with E-state index >= 15 is 0 Å². The molecule has 1 aromatic carbocycles. The van der Waals surface area contributed by atoms with E-state index in [0.717, 1.165) is 12.1 Å². The second kappa shape index (κ2) is 6.16. The molecule has 1 saturated heterocycles. The monoisotopic (exact) mass is 247 g/mol. The van der Waals surface area contributed by atoms with Crippen LogP contribution in [0.5, 0.6) is 0 Å². The number of amides is 2. The normalized spacial score (nSPS) is 15.6. The maximum absolute atomic E-state index is 11.7. The summed E-state index contributed by atoms with van der Waals surface area (Å²) in [5.74, 6) is -0.134. The van der Waals surface area contributed by atoms with Crippen LogP contribution in [-0.4, -0.2) is 42.9 Å².